The molecule has 208 valence electrons. The molecular formula is C29H31F2KN2O4S2. The first kappa shape index (κ1) is 36.2. The molecule has 0 bridgehead atoms. The maximum absolute atomic E-state index is 12.9. The first-order chi connectivity index (χ1) is 18.1. The number of thiazole rings is 2. The Morgan fingerprint density at radius 3 is 1.77 bits per heavy atom. The molecule has 0 amide bonds. The predicted octanol–water partition coefficient (Wildman–Crippen LogP) is 4.30. The van der Waals surface area contributed by atoms with Gasteiger partial charge in [0.15, 0.2) is 0 Å². The van der Waals surface area contributed by atoms with Crippen LogP contribution in [0.5, 0.6) is 0 Å². The molecule has 40 heavy (non-hydrogen) atoms. The second kappa shape index (κ2) is 17.2. The van der Waals surface area contributed by atoms with E-state index >= 15 is 0 Å². The maximum Gasteiger partial charge on any atom is 1.00 e. The number of rotatable bonds is 8. The smallest absolute Gasteiger partial charge is 0.466 e. The maximum atomic E-state index is 12.9. The molecule has 0 saturated heterocycles. The third kappa shape index (κ3) is 10.2. The third-order valence-corrected chi connectivity index (χ3v) is 7.13. The summed E-state index contributed by atoms with van der Waals surface area (Å²) in [6, 6.07) is 12.3. The van der Waals surface area contributed by atoms with Gasteiger partial charge in [0.25, 0.3) is 0 Å². The first-order valence-corrected chi connectivity index (χ1v) is 13.6. The van der Waals surface area contributed by atoms with Crippen molar-refractivity contribution in [3.05, 3.63) is 89.7 Å². The number of nitrogens with zero attached hydrogens (tertiary/aromatic N) is 2. The van der Waals surface area contributed by atoms with Crippen molar-refractivity contribution in [3.63, 3.8) is 0 Å². The van der Waals surface area contributed by atoms with Crippen molar-refractivity contribution in [1.82, 2.24) is 9.97 Å². The van der Waals surface area contributed by atoms with Gasteiger partial charge in [0.1, 0.15) is 27.1 Å². The summed E-state index contributed by atoms with van der Waals surface area (Å²) in [6.07, 6.45) is 0.172. The Kier molecular flexibility index (Phi) is 15.5. The van der Waals surface area contributed by atoms with Crippen LogP contribution in [-0.2, 0) is 30.9 Å². The van der Waals surface area contributed by atoms with E-state index in [-0.39, 0.29) is 88.8 Å². The second-order valence-electron chi connectivity index (χ2n) is 8.52. The molecule has 0 aliphatic heterocycles. The van der Waals surface area contributed by atoms with Crippen LogP contribution in [0.15, 0.2) is 59.3 Å². The van der Waals surface area contributed by atoms with E-state index in [1.165, 1.54) is 46.9 Å². The Balaban J connectivity index is 0.000000383. The van der Waals surface area contributed by atoms with Gasteiger partial charge in [0.2, 0.25) is 0 Å². The summed E-state index contributed by atoms with van der Waals surface area (Å²) < 4.78 is 35.6. The van der Waals surface area contributed by atoms with E-state index in [2.05, 4.69) is 9.97 Å². The summed E-state index contributed by atoms with van der Waals surface area (Å²) in [4.78, 5) is 32.1. The number of hydrogen-bond acceptors (Lipinski definition) is 8. The Morgan fingerprint density at radius 1 is 0.800 bits per heavy atom. The molecular weight excluding hydrogens is 582 g/mol. The molecule has 0 aliphatic carbocycles. The zero-order valence-electron chi connectivity index (χ0n) is 23.5. The quantitative estimate of drug-likeness (QED) is 0.168. The van der Waals surface area contributed by atoms with E-state index in [1.807, 2.05) is 10.8 Å². The van der Waals surface area contributed by atoms with Crippen molar-refractivity contribution in [3.8, 4) is 21.1 Å². The average Bonchev–Trinajstić information content (AvgIpc) is 3.56. The molecule has 11 heteroatoms. The normalized spacial score (nSPS) is 10.3. The van der Waals surface area contributed by atoms with E-state index in [9.17, 15) is 18.4 Å². The minimum atomic E-state index is -0.787. The van der Waals surface area contributed by atoms with Gasteiger partial charge in [-0.1, -0.05) is 0 Å². The van der Waals surface area contributed by atoms with E-state index < -0.39 is 5.41 Å². The Bertz CT molecular complexity index is 1360. The number of carbonyl (C=O) groups excluding carboxylic acids is 2. The van der Waals surface area contributed by atoms with Gasteiger partial charge in [-0.05, 0) is 76.2 Å². The van der Waals surface area contributed by atoms with Gasteiger partial charge in [0, 0.05) is 21.9 Å². The van der Waals surface area contributed by atoms with Crippen LogP contribution >= 0.6 is 22.7 Å². The van der Waals surface area contributed by atoms with Crippen LogP contribution < -0.4 is 51.4 Å². The Morgan fingerprint density at radius 2 is 1.27 bits per heavy atom. The molecule has 0 spiro atoms. The van der Waals surface area contributed by atoms with Crippen molar-refractivity contribution in [2.75, 3.05) is 13.2 Å². The van der Waals surface area contributed by atoms with Crippen molar-refractivity contribution in [2.24, 2.45) is 0 Å². The van der Waals surface area contributed by atoms with Gasteiger partial charge in [-0.3, -0.25) is 9.59 Å². The first-order valence-electron chi connectivity index (χ1n) is 11.9. The van der Waals surface area contributed by atoms with Crippen molar-refractivity contribution in [2.45, 2.75) is 39.5 Å². The molecule has 0 unspecified atom stereocenters. The predicted molar refractivity (Wildman–Crippen MR) is 151 cm³/mol. The largest absolute Gasteiger partial charge is 1.00 e. The van der Waals surface area contributed by atoms with E-state index in [0.29, 0.717) is 24.6 Å². The SMILES string of the molecule is CCOC(=O)C(C)(C)c1csc(-c2ccc(F)cc2)n1.CCOC(=O)Cc1csc(-c2ccc(F)cc2)n1.[CH3-].[K+]. The zero-order chi connectivity index (χ0) is 27.7. The summed E-state index contributed by atoms with van der Waals surface area (Å²) >= 11 is 2.86. The van der Waals surface area contributed by atoms with Crippen LogP contribution in [0.3, 0.4) is 0 Å². The summed E-state index contributed by atoms with van der Waals surface area (Å²) in [7, 11) is 0. The standard InChI is InChI=1S/C15H16FNO2S.C13H12FNO2S.CH3.K/c1-4-19-14(18)15(2,3)12-9-20-13(17-12)10-5-7-11(16)8-6-10;1-2-17-12(16)7-11-8-18-13(15-11)9-3-5-10(14)6-4-9;;/h5-9H,4H2,1-3H3;3-6,8H,2,7H2,1H3;1H3;/q;;-1;+1. The monoisotopic (exact) mass is 612 g/mol. The minimum Gasteiger partial charge on any atom is -0.466 e. The van der Waals surface area contributed by atoms with Gasteiger partial charge >= 0.3 is 63.3 Å². The summed E-state index contributed by atoms with van der Waals surface area (Å²) in [5, 5.41) is 5.19. The van der Waals surface area contributed by atoms with E-state index in [0.717, 1.165) is 21.1 Å². The summed E-state index contributed by atoms with van der Waals surface area (Å²) in [5.74, 6) is -1.14. The number of esters is 2. The Hall–Kier alpha value is -1.86. The van der Waals surface area contributed by atoms with Gasteiger partial charge in [-0.25, -0.2) is 18.7 Å². The fourth-order valence-corrected chi connectivity index (χ4v) is 4.99. The molecule has 4 aromatic rings. The minimum absolute atomic E-state index is 0. The van der Waals surface area contributed by atoms with Gasteiger partial charge in [0.05, 0.1) is 31.0 Å². The number of aromatic nitrogens is 2. The topological polar surface area (TPSA) is 78.4 Å². The van der Waals surface area contributed by atoms with Crippen molar-refractivity contribution >= 4 is 34.6 Å². The number of benzene rings is 2. The van der Waals surface area contributed by atoms with Crippen molar-refractivity contribution < 1.29 is 79.2 Å². The van der Waals surface area contributed by atoms with E-state index in [4.69, 9.17) is 9.47 Å². The molecule has 2 aromatic carbocycles. The molecule has 4 rings (SSSR count). The fourth-order valence-electron chi connectivity index (χ4n) is 3.18. The molecule has 0 atom stereocenters. The van der Waals surface area contributed by atoms with Gasteiger partial charge in [-0.2, -0.15) is 0 Å². The van der Waals surface area contributed by atoms with Crippen LogP contribution in [-0.4, -0.2) is 35.1 Å². The van der Waals surface area contributed by atoms with Crippen LogP contribution in [0.25, 0.3) is 21.1 Å². The second-order valence-corrected chi connectivity index (χ2v) is 10.2. The molecule has 0 aliphatic rings. The van der Waals surface area contributed by atoms with Gasteiger partial charge < -0.3 is 16.9 Å². The van der Waals surface area contributed by atoms with Crippen LogP contribution in [0.4, 0.5) is 8.78 Å². The number of halogens is 2. The zero-order valence-corrected chi connectivity index (χ0v) is 28.3. The summed E-state index contributed by atoms with van der Waals surface area (Å²) in [5.41, 5.74) is 2.24. The molecule has 2 heterocycles. The molecule has 6 nitrogen and oxygen atoms in total. The molecule has 0 radical (unpaired) electrons. The fraction of sp³-hybridized carbons (Fsp3) is 0.276. The molecule has 0 fully saturated rings. The van der Waals surface area contributed by atoms with Crippen molar-refractivity contribution in [1.29, 1.82) is 0 Å². The Labute approximate surface area is 284 Å². The number of carbonyl (C=O) groups is 2. The van der Waals surface area contributed by atoms with Crippen LogP contribution in [0.1, 0.15) is 39.1 Å². The van der Waals surface area contributed by atoms with Gasteiger partial charge in [-0.15, -0.1) is 22.7 Å². The number of hydrogen-bond donors (Lipinski definition) is 0. The molecule has 0 N–H and O–H groups in total. The molecule has 0 saturated carbocycles. The summed E-state index contributed by atoms with van der Waals surface area (Å²) in [6.45, 7) is 7.83. The van der Waals surface area contributed by atoms with Crippen LogP contribution in [0, 0.1) is 19.1 Å². The average molecular weight is 613 g/mol. The third-order valence-electron chi connectivity index (χ3n) is 5.30. The van der Waals surface area contributed by atoms with E-state index in [1.54, 1.807) is 52.0 Å². The van der Waals surface area contributed by atoms with Crippen LogP contribution in [0.2, 0.25) is 0 Å². The molecule has 2 aromatic heterocycles. The number of ether oxygens (including phenoxy) is 2.